The second kappa shape index (κ2) is 8.81. The highest BCUT2D eigenvalue weighted by Crippen LogP contribution is 2.19. The van der Waals surface area contributed by atoms with Crippen LogP contribution in [0.4, 0.5) is 0 Å². The molecule has 0 spiro atoms. The van der Waals surface area contributed by atoms with Crippen LogP contribution in [-0.2, 0) is 6.54 Å². The van der Waals surface area contributed by atoms with Gasteiger partial charge in [-0.15, -0.1) is 35.3 Å². The van der Waals surface area contributed by atoms with Crippen molar-refractivity contribution in [1.29, 1.82) is 0 Å². The van der Waals surface area contributed by atoms with Gasteiger partial charge in [0.05, 0.1) is 17.2 Å². The number of aromatic nitrogens is 1. The number of hydrogen-bond acceptors (Lipinski definition) is 3. The minimum Gasteiger partial charge on any atom is -0.357 e. The largest absolute Gasteiger partial charge is 0.357 e. The number of hydrogen-bond donors (Lipinski definition) is 1. The molecule has 0 unspecified atom stereocenters. The lowest BCUT2D eigenvalue weighted by molar-refractivity contribution is 0.493. The van der Waals surface area contributed by atoms with E-state index in [2.05, 4.69) is 41.4 Å². The Morgan fingerprint density at radius 2 is 2.15 bits per heavy atom. The van der Waals surface area contributed by atoms with E-state index in [1.165, 1.54) is 17.8 Å². The third-order valence-electron chi connectivity index (χ3n) is 3.19. The van der Waals surface area contributed by atoms with E-state index < -0.39 is 0 Å². The molecule has 0 aliphatic carbocycles. The molecule has 0 bridgehead atoms. The standard InChI is InChI=1S/C14H24N4S.HI/c1-4-15-14(18-7-5-6-8-18)16-9-12-10-19-13(17-12)11(2)3;/h10-11H,4-9H2,1-3H3,(H,15,16);1H. The fourth-order valence-electron chi connectivity index (χ4n) is 2.17. The molecule has 0 aromatic carbocycles. The Kier molecular flexibility index (Phi) is 7.79. The first-order valence-electron chi connectivity index (χ1n) is 7.18. The molecule has 1 aliphatic rings. The molecule has 0 atom stereocenters. The maximum Gasteiger partial charge on any atom is 0.194 e. The van der Waals surface area contributed by atoms with E-state index >= 15 is 0 Å². The SMILES string of the molecule is CCNC(=NCc1csc(C(C)C)n1)N1CCCC1.I. The fraction of sp³-hybridized carbons (Fsp3) is 0.714. The monoisotopic (exact) mass is 408 g/mol. The van der Waals surface area contributed by atoms with Crippen LogP contribution in [0.3, 0.4) is 0 Å². The molecular formula is C14H25IN4S. The zero-order chi connectivity index (χ0) is 13.7. The van der Waals surface area contributed by atoms with Crippen molar-refractivity contribution in [2.24, 2.45) is 4.99 Å². The van der Waals surface area contributed by atoms with Gasteiger partial charge in [0.2, 0.25) is 0 Å². The van der Waals surface area contributed by atoms with E-state index in [1.807, 2.05) is 0 Å². The van der Waals surface area contributed by atoms with E-state index in [9.17, 15) is 0 Å². The van der Waals surface area contributed by atoms with Gasteiger partial charge in [-0.25, -0.2) is 9.98 Å². The first-order valence-corrected chi connectivity index (χ1v) is 8.06. The average molecular weight is 408 g/mol. The molecule has 2 heterocycles. The summed E-state index contributed by atoms with van der Waals surface area (Å²) < 4.78 is 0. The second-order valence-corrected chi connectivity index (χ2v) is 6.09. The van der Waals surface area contributed by atoms with Gasteiger partial charge in [0, 0.05) is 30.9 Å². The van der Waals surface area contributed by atoms with Gasteiger partial charge < -0.3 is 10.2 Å². The smallest absolute Gasteiger partial charge is 0.194 e. The molecular weight excluding hydrogens is 383 g/mol. The van der Waals surface area contributed by atoms with Crippen molar-refractivity contribution in [1.82, 2.24) is 15.2 Å². The number of guanidine groups is 1. The molecule has 0 saturated carbocycles. The van der Waals surface area contributed by atoms with Gasteiger partial charge in [-0.1, -0.05) is 13.8 Å². The molecule has 20 heavy (non-hydrogen) atoms. The van der Waals surface area contributed by atoms with Gasteiger partial charge in [0.15, 0.2) is 5.96 Å². The van der Waals surface area contributed by atoms with Gasteiger partial charge in [0.25, 0.3) is 0 Å². The van der Waals surface area contributed by atoms with Crippen LogP contribution in [0.2, 0.25) is 0 Å². The molecule has 1 saturated heterocycles. The highest BCUT2D eigenvalue weighted by Gasteiger charge is 2.15. The summed E-state index contributed by atoms with van der Waals surface area (Å²) in [5.41, 5.74) is 1.09. The summed E-state index contributed by atoms with van der Waals surface area (Å²) in [5, 5.41) is 6.71. The highest BCUT2D eigenvalue weighted by molar-refractivity contribution is 14.0. The molecule has 0 amide bonds. The van der Waals surface area contributed by atoms with Gasteiger partial charge in [0.1, 0.15) is 0 Å². The summed E-state index contributed by atoms with van der Waals surface area (Å²) >= 11 is 1.74. The van der Waals surface area contributed by atoms with Crippen LogP contribution in [0.5, 0.6) is 0 Å². The van der Waals surface area contributed by atoms with Crippen LogP contribution in [0, 0.1) is 0 Å². The lowest BCUT2D eigenvalue weighted by atomic mass is 10.2. The minimum atomic E-state index is 0. The summed E-state index contributed by atoms with van der Waals surface area (Å²) in [6, 6.07) is 0. The molecule has 1 aromatic rings. The Bertz CT molecular complexity index is 425. The zero-order valence-corrected chi connectivity index (χ0v) is 15.7. The third kappa shape index (κ3) is 4.87. The predicted molar refractivity (Wildman–Crippen MR) is 97.2 cm³/mol. The summed E-state index contributed by atoms with van der Waals surface area (Å²) in [4.78, 5) is 11.7. The van der Waals surface area contributed by atoms with E-state index in [-0.39, 0.29) is 24.0 Å². The van der Waals surface area contributed by atoms with Crippen molar-refractivity contribution >= 4 is 41.3 Å². The summed E-state index contributed by atoms with van der Waals surface area (Å²) in [7, 11) is 0. The maximum absolute atomic E-state index is 4.71. The Balaban J connectivity index is 0.00000200. The van der Waals surface area contributed by atoms with Gasteiger partial charge in [-0.05, 0) is 19.8 Å². The maximum atomic E-state index is 4.71. The van der Waals surface area contributed by atoms with Crippen LogP contribution in [0.15, 0.2) is 10.4 Å². The first kappa shape index (κ1) is 17.7. The quantitative estimate of drug-likeness (QED) is 0.472. The number of nitrogens with zero attached hydrogens (tertiary/aromatic N) is 3. The Hall–Kier alpha value is -0.370. The van der Waals surface area contributed by atoms with Crippen LogP contribution < -0.4 is 5.32 Å². The van der Waals surface area contributed by atoms with Crippen LogP contribution in [0.25, 0.3) is 0 Å². The zero-order valence-electron chi connectivity index (χ0n) is 12.6. The summed E-state index contributed by atoms with van der Waals surface area (Å²) in [6.07, 6.45) is 2.55. The minimum absolute atomic E-state index is 0. The van der Waals surface area contributed by atoms with Crippen molar-refractivity contribution in [3.63, 3.8) is 0 Å². The number of aliphatic imine (C=N–C) groups is 1. The Morgan fingerprint density at radius 3 is 2.70 bits per heavy atom. The van der Waals surface area contributed by atoms with E-state index in [0.29, 0.717) is 12.5 Å². The molecule has 1 fully saturated rings. The molecule has 114 valence electrons. The number of nitrogens with one attached hydrogen (secondary N) is 1. The topological polar surface area (TPSA) is 40.5 Å². The molecule has 1 aromatic heterocycles. The predicted octanol–water partition coefficient (Wildman–Crippen LogP) is 3.45. The van der Waals surface area contributed by atoms with Crippen LogP contribution >= 0.6 is 35.3 Å². The van der Waals surface area contributed by atoms with Gasteiger partial charge >= 0.3 is 0 Å². The van der Waals surface area contributed by atoms with Gasteiger partial charge in [-0.2, -0.15) is 0 Å². The molecule has 2 rings (SSSR count). The number of likely N-dealkylation sites (tertiary alicyclic amines) is 1. The van der Waals surface area contributed by atoms with E-state index in [1.54, 1.807) is 11.3 Å². The first-order chi connectivity index (χ1) is 9.20. The van der Waals surface area contributed by atoms with Crippen molar-refractivity contribution in [2.75, 3.05) is 19.6 Å². The average Bonchev–Trinajstić information content (AvgIpc) is 3.05. The fourth-order valence-corrected chi connectivity index (χ4v) is 3.00. The van der Waals surface area contributed by atoms with Crippen LogP contribution in [0.1, 0.15) is 50.2 Å². The summed E-state index contributed by atoms with van der Waals surface area (Å²) in [5.74, 6) is 1.55. The van der Waals surface area contributed by atoms with Crippen LogP contribution in [-0.4, -0.2) is 35.5 Å². The van der Waals surface area contributed by atoms with Crippen molar-refractivity contribution in [3.05, 3.63) is 16.1 Å². The third-order valence-corrected chi connectivity index (χ3v) is 4.39. The lowest BCUT2D eigenvalue weighted by Crippen LogP contribution is -2.39. The van der Waals surface area contributed by atoms with E-state index in [4.69, 9.17) is 4.99 Å². The van der Waals surface area contributed by atoms with Gasteiger partial charge in [-0.3, -0.25) is 0 Å². The van der Waals surface area contributed by atoms with Crippen molar-refractivity contribution in [3.8, 4) is 0 Å². The second-order valence-electron chi connectivity index (χ2n) is 5.20. The molecule has 1 aliphatic heterocycles. The van der Waals surface area contributed by atoms with Crippen molar-refractivity contribution in [2.45, 2.75) is 46.1 Å². The number of rotatable bonds is 4. The Morgan fingerprint density at radius 1 is 1.45 bits per heavy atom. The summed E-state index contributed by atoms with van der Waals surface area (Å²) in [6.45, 7) is 10.3. The lowest BCUT2D eigenvalue weighted by Gasteiger charge is -2.20. The normalized spacial score (nSPS) is 15.6. The molecule has 1 N–H and O–H groups in total. The number of thiazole rings is 1. The molecule has 4 nitrogen and oxygen atoms in total. The Labute approximate surface area is 143 Å². The molecule has 6 heteroatoms. The van der Waals surface area contributed by atoms with E-state index in [0.717, 1.165) is 31.3 Å². The van der Waals surface area contributed by atoms with Crippen molar-refractivity contribution < 1.29 is 0 Å². The molecule has 0 radical (unpaired) electrons. The number of halogens is 1. The highest BCUT2D eigenvalue weighted by atomic mass is 127.